The first-order valence-electron chi connectivity index (χ1n) is 8.12. The molecule has 7 nitrogen and oxygen atoms in total. The number of nitrogens with one attached hydrogen (secondary N) is 1. The van der Waals surface area contributed by atoms with Gasteiger partial charge in [0, 0.05) is 19.1 Å². The highest BCUT2D eigenvalue weighted by Gasteiger charge is 2.49. The molecule has 2 aliphatic heterocycles. The van der Waals surface area contributed by atoms with Crippen LogP contribution in [0.5, 0.6) is 0 Å². The van der Waals surface area contributed by atoms with Crippen molar-refractivity contribution < 1.29 is 14.4 Å². The van der Waals surface area contributed by atoms with E-state index >= 15 is 0 Å². The highest BCUT2D eigenvalue weighted by Crippen LogP contribution is 2.25. The lowest BCUT2D eigenvalue weighted by Crippen LogP contribution is -2.52. The van der Waals surface area contributed by atoms with Crippen molar-refractivity contribution in [3.05, 3.63) is 0 Å². The van der Waals surface area contributed by atoms with E-state index in [4.69, 9.17) is 5.73 Å². The maximum Gasteiger partial charge on any atom is 0.325 e. The summed E-state index contributed by atoms with van der Waals surface area (Å²) in [6, 6.07) is -0.451. The summed E-state index contributed by atoms with van der Waals surface area (Å²) in [7, 11) is 0. The Bertz CT molecular complexity index is 462. The highest BCUT2D eigenvalue weighted by molar-refractivity contribution is 6.09. The first-order chi connectivity index (χ1) is 10.5. The van der Waals surface area contributed by atoms with Crippen molar-refractivity contribution in [2.24, 2.45) is 5.73 Å². The minimum Gasteiger partial charge on any atom is -0.337 e. The van der Waals surface area contributed by atoms with E-state index in [1.165, 1.54) is 0 Å². The van der Waals surface area contributed by atoms with Crippen LogP contribution in [-0.2, 0) is 9.59 Å². The van der Waals surface area contributed by atoms with Crippen molar-refractivity contribution in [3.8, 4) is 0 Å². The number of rotatable bonds is 5. The summed E-state index contributed by atoms with van der Waals surface area (Å²) in [5, 5.41) is 2.74. The molecule has 4 amide bonds. The Hall–Kier alpha value is -1.63. The van der Waals surface area contributed by atoms with Crippen LogP contribution in [-0.4, -0.2) is 58.9 Å². The predicted molar refractivity (Wildman–Crippen MR) is 82.0 cm³/mol. The largest absolute Gasteiger partial charge is 0.337 e. The molecular weight excluding hydrogens is 284 g/mol. The Morgan fingerprint density at radius 3 is 2.55 bits per heavy atom. The number of imide groups is 1. The van der Waals surface area contributed by atoms with Gasteiger partial charge in [-0.3, -0.25) is 14.5 Å². The molecule has 1 atom stereocenters. The zero-order valence-corrected chi connectivity index (χ0v) is 13.4. The van der Waals surface area contributed by atoms with Gasteiger partial charge in [-0.1, -0.05) is 13.8 Å². The van der Waals surface area contributed by atoms with E-state index in [9.17, 15) is 14.4 Å². The average Bonchev–Trinajstić information content (AvgIpc) is 2.79. The number of nitrogens with two attached hydrogens (primary N) is 1. The Labute approximate surface area is 131 Å². The van der Waals surface area contributed by atoms with E-state index in [0.29, 0.717) is 25.9 Å². The Morgan fingerprint density at radius 2 is 2.00 bits per heavy atom. The second-order valence-corrected chi connectivity index (χ2v) is 6.08. The zero-order valence-electron chi connectivity index (χ0n) is 13.4. The summed E-state index contributed by atoms with van der Waals surface area (Å²) in [5.74, 6) is -0.487. The van der Waals surface area contributed by atoms with Crippen LogP contribution < -0.4 is 11.1 Å². The normalized spacial score (nSPS) is 24.6. The van der Waals surface area contributed by atoms with Crippen molar-refractivity contribution in [2.75, 3.05) is 19.6 Å². The summed E-state index contributed by atoms with van der Waals surface area (Å²) in [6.45, 7) is 4.60. The van der Waals surface area contributed by atoms with E-state index in [0.717, 1.165) is 24.2 Å². The SMILES string of the molecule is CCC1(CC)NC(=O)N(CC(=O)N2CCCCC2CN)C1=O. The van der Waals surface area contributed by atoms with E-state index in [1.54, 1.807) is 4.90 Å². The summed E-state index contributed by atoms with van der Waals surface area (Å²) in [6.07, 6.45) is 3.93. The molecule has 0 saturated carbocycles. The third kappa shape index (κ3) is 2.82. The topological polar surface area (TPSA) is 95.7 Å². The van der Waals surface area contributed by atoms with Gasteiger partial charge in [0.2, 0.25) is 5.91 Å². The summed E-state index contributed by atoms with van der Waals surface area (Å²) >= 11 is 0. The minimum atomic E-state index is -0.855. The number of urea groups is 1. The van der Waals surface area contributed by atoms with Crippen LogP contribution >= 0.6 is 0 Å². The van der Waals surface area contributed by atoms with Crippen LogP contribution in [0.25, 0.3) is 0 Å². The molecule has 2 aliphatic rings. The van der Waals surface area contributed by atoms with Crippen molar-refractivity contribution in [2.45, 2.75) is 57.5 Å². The maximum absolute atomic E-state index is 12.5. The molecule has 2 fully saturated rings. The summed E-state index contributed by atoms with van der Waals surface area (Å²) < 4.78 is 0. The maximum atomic E-state index is 12.5. The van der Waals surface area contributed by atoms with Gasteiger partial charge < -0.3 is 16.0 Å². The predicted octanol–water partition coefficient (Wildman–Crippen LogP) is 0.437. The van der Waals surface area contributed by atoms with Crippen molar-refractivity contribution in [3.63, 3.8) is 0 Å². The number of nitrogens with zero attached hydrogens (tertiary/aromatic N) is 2. The fourth-order valence-electron chi connectivity index (χ4n) is 3.35. The van der Waals surface area contributed by atoms with Gasteiger partial charge in [-0.2, -0.15) is 0 Å². The number of carbonyl (C=O) groups excluding carboxylic acids is 3. The monoisotopic (exact) mass is 310 g/mol. The third-order valence-corrected chi connectivity index (χ3v) is 4.97. The molecule has 0 aromatic carbocycles. The molecule has 0 bridgehead atoms. The first-order valence-corrected chi connectivity index (χ1v) is 8.12. The summed E-state index contributed by atoms with van der Waals surface area (Å²) in [5.41, 5.74) is 4.87. The van der Waals surface area contributed by atoms with Gasteiger partial charge in [-0.25, -0.2) is 4.79 Å². The molecule has 0 aromatic heterocycles. The first kappa shape index (κ1) is 16.7. The van der Waals surface area contributed by atoms with Crippen molar-refractivity contribution in [1.29, 1.82) is 0 Å². The smallest absolute Gasteiger partial charge is 0.325 e. The lowest BCUT2D eigenvalue weighted by Gasteiger charge is -2.35. The second-order valence-electron chi connectivity index (χ2n) is 6.08. The number of hydrogen-bond acceptors (Lipinski definition) is 4. The lowest BCUT2D eigenvalue weighted by atomic mass is 9.93. The molecule has 0 aliphatic carbocycles. The van der Waals surface area contributed by atoms with Crippen LogP contribution in [0.1, 0.15) is 46.0 Å². The molecule has 3 N–H and O–H groups in total. The van der Waals surface area contributed by atoms with Gasteiger partial charge in [-0.05, 0) is 32.1 Å². The third-order valence-electron chi connectivity index (χ3n) is 4.97. The number of amides is 4. The molecular formula is C15H26N4O3. The lowest BCUT2D eigenvalue weighted by molar-refractivity contribution is -0.141. The minimum absolute atomic E-state index is 0.0177. The Balaban J connectivity index is 2.08. The van der Waals surface area contributed by atoms with E-state index in [1.807, 2.05) is 13.8 Å². The number of hydrogen-bond donors (Lipinski definition) is 2. The molecule has 2 saturated heterocycles. The fourth-order valence-corrected chi connectivity index (χ4v) is 3.35. The Morgan fingerprint density at radius 1 is 1.32 bits per heavy atom. The molecule has 22 heavy (non-hydrogen) atoms. The van der Waals surface area contributed by atoms with E-state index in [2.05, 4.69) is 5.32 Å². The van der Waals surface area contributed by atoms with Gasteiger partial charge in [0.15, 0.2) is 0 Å². The van der Waals surface area contributed by atoms with Crippen LogP contribution in [0.3, 0.4) is 0 Å². The highest BCUT2D eigenvalue weighted by atomic mass is 16.2. The number of piperidine rings is 1. The van der Waals surface area contributed by atoms with Gasteiger partial charge in [0.1, 0.15) is 12.1 Å². The molecule has 124 valence electrons. The zero-order chi connectivity index (χ0) is 16.3. The summed E-state index contributed by atoms with van der Waals surface area (Å²) in [4.78, 5) is 39.9. The molecule has 0 radical (unpaired) electrons. The molecule has 0 aromatic rings. The van der Waals surface area contributed by atoms with Gasteiger partial charge >= 0.3 is 6.03 Å². The van der Waals surface area contributed by atoms with Gasteiger partial charge in [0.05, 0.1) is 0 Å². The van der Waals surface area contributed by atoms with E-state index in [-0.39, 0.29) is 24.4 Å². The van der Waals surface area contributed by atoms with Crippen LogP contribution in [0, 0.1) is 0 Å². The molecule has 0 spiro atoms. The van der Waals surface area contributed by atoms with Crippen molar-refractivity contribution >= 4 is 17.8 Å². The molecule has 7 heteroatoms. The standard InChI is InChI=1S/C15H26N4O3/c1-3-15(4-2)13(21)19(14(22)17-15)10-12(20)18-8-6-5-7-11(18)9-16/h11H,3-10,16H2,1-2H3,(H,17,22). The van der Waals surface area contributed by atoms with E-state index < -0.39 is 11.6 Å². The second kappa shape index (κ2) is 6.64. The van der Waals surface area contributed by atoms with Gasteiger partial charge in [0.25, 0.3) is 5.91 Å². The van der Waals surface area contributed by atoms with Crippen LogP contribution in [0.15, 0.2) is 0 Å². The van der Waals surface area contributed by atoms with Crippen LogP contribution in [0.2, 0.25) is 0 Å². The average molecular weight is 310 g/mol. The fraction of sp³-hybridized carbons (Fsp3) is 0.800. The number of carbonyl (C=O) groups is 3. The van der Waals surface area contributed by atoms with Gasteiger partial charge in [-0.15, -0.1) is 0 Å². The number of likely N-dealkylation sites (tertiary alicyclic amines) is 1. The molecule has 1 unspecified atom stereocenters. The van der Waals surface area contributed by atoms with Crippen LogP contribution in [0.4, 0.5) is 4.79 Å². The quantitative estimate of drug-likeness (QED) is 0.720. The molecule has 2 heterocycles. The van der Waals surface area contributed by atoms with Crippen molar-refractivity contribution in [1.82, 2.24) is 15.1 Å². The Kier molecular flexibility index (Phi) is 5.05. The molecule has 2 rings (SSSR count).